The summed E-state index contributed by atoms with van der Waals surface area (Å²) in [7, 11) is 4.75. The van der Waals surface area contributed by atoms with Gasteiger partial charge in [-0.15, -0.1) is 0 Å². The van der Waals surface area contributed by atoms with E-state index in [0.717, 1.165) is 41.5 Å². The summed E-state index contributed by atoms with van der Waals surface area (Å²) < 4.78 is 18.3. The monoisotopic (exact) mass is 490 g/mol. The molecule has 3 heterocycles. The Hall–Kier alpha value is -4.05. The van der Waals surface area contributed by atoms with E-state index >= 15 is 0 Å². The molecule has 0 unspecified atom stereocenters. The molecule has 2 aromatic heterocycles. The summed E-state index contributed by atoms with van der Waals surface area (Å²) in [5.41, 5.74) is 2.76. The average molecular weight is 491 g/mol. The molecule has 0 amide bonds. The molecule has 0 aliphatic carbocycles. The molecule has 1 aliphatic heterocycles. The molecule has 0 spiro atoms. The number of rotatable bonds is 8. The third-order valence-corrected chi connectivity index (χ3v) is 6.46. The van der Waals surface area contributed by atoms with Crippen LogP contribution >= 0.6 is 0 Å². The molecule has 1 saturated heterocycles. The van der Waals surface area contributed by atoms with Crippen LogP contribution < -0.4 is 24.4 Å². The summed E-state index contributed by atoms with van der Waals surface area (Å²) in [6.07, 6.45) is 5.50. The number of ether oxygens (including phenoxy) is 3. The minimum atomic E-state index is 0.0272. The SMILES string of the molecule is COc1cc(-n2cnc(Nc3nc(N4CCC[C@H]4CO)nc4cc(C)ccc34)c2)cc(OC)c1OC. The minimum absolute atomic E-state index is 0.0272. The molecule has 0 bridgehead atoms. The van der Waals surface area contributed by atoms with Gasteiger partial charge < -0.3 is 34.1 Å². The lowest BCUT2D eigenvalue weighted by molar-refractivity contribution is 0.265. The molecular formula is C26H30N6O4. The first-order valence-electron chi connectivity index (χ1n) is 11.8. The van der Waals surface area contributed by atoms with Crippen LogP contribution in [0, 0.1) is 6.92 Å². The molecule has 5 rings (SSSR count). The third-order valence-electron chi connectivity index (χ3n) is 6.46. The number of aryl methyl sites for hydroxylation is 1. The fourth-order valence-electron chi connectivity index (χ4n) is 4.61. The highest BCUT2D eigenvalue weighted by Gasteiger charge is 2.27. The predicted octanol–water partition coefficient (Wildman–Crippen LogP) is 3.85. The second kappa shape index (κ2) is 9.90. The van der Waals surface area contributed by atoms with Gasteiger partial charge in [0.2, 0.25) is 11.7 Å². The Balaban J connectivity index is 1.52. The van der Waals surface area contributed by atoms with Gasteiger partial charge in [0.1, 0.15) is 18.0 Å². The zero-order valence-electron chi connectivity index (χ0n) is 20.9. The Labute approximate surface area is 209 Å². The maximum absolute atomic E-state index is 9.83. The summed E-state index contributed by atoms with van der Waals surface area (Å²) in [6.45, 7) is 2.94. The van der Waals surface area contributed by atoms with E-state index in [1.54, 1.807) is 27.7 Å². The number of hydrogen-bond acceptors (Lipinski definition) is 9. The highest BCUT2D eigenvalue weighted by molar-refractivity contribution is 5.92. The van der Waals surface area contributed by atoms with E-state index in [1.165, 1.54) is 0 Å². The summed E-state index contributed by atoms with van der Waals surface area (Å²) in [4.78, 5) is 16.3. The van der Waals surface area contributed by atoms with E-state index in [4.69, 9.17) is 24.2 Å². The lowest BCUT2D eigenvalue weighted by Gasteiger charge is -2.24. The fourth-order valence-corrected chi connectivity index (χ4v) is 4.61. The van der Waals surface area contributed by atoms with E-state index in [-0.39, 0.29) is 12.6 Å². The van der Waals surface area contributed by atoms with Crippen molar-refractivity contribution in [2.75, 3.05) is 44.7 Å². The molecule has 2 N–H and O–H groups in total. The largest absolute Gasteiger partial charge is 0.493 e. The van der Waals surface area contributed by atoms with Gasteiger partial charge in [0, 0.05) is 24.1 Å². The van der Waals surface area contributed by atoms with Crippen LogP contribution in [0.1, 0.15) is 18.4 Å². The van der Waals surface area contributed by atoms with Crippen LogP contribution in [0.15, 0.2) is 42.9 Å². The number of nitrogens with one attached hydrogen (secondary N) is 1. The number of fused-ring (bicyclic) bond motifs is 1. The Kier molecular flexibility index (Phi) is 6.51. The van der Waals surface area contributed by atoms with Gasteiger partial charge in [-0.2, -0.15) is 4.98 Å². The molecule has 10 heteroatoms. The van der Waals surface area contributed by atoms with Gasteiger partial charge in [-0.25, -0.2) is 9.97 Å². The van der Waals surface area contributed by atoms with Gasteiger partial charge in [-0.1, -0.05) is 6.07 Å². The van der Waals surface area contributed by atoms with Gasteiger partial charge >= 0.3 is 0 Å². The Morgan fingerprint density at radius 1 is 1.06 bits per heavy atom. The number of hydrogen-bond donors (Lipinski definition) is 2. The highest BCUT2D eigenvalue weighted by Crippen LogP contribution is 2.39. The van der Waals surface area contributed by atoms with Crippen LogP contribution in [0.25, 0.3) is 16.6 Å². The molecule has 4 aromatic rings. The van der Waals surface area contributed by atoms with Crippen LogP contribution in [-0.2, 0) is 0 Å². The summed E-state index contributed by atoms with van der Waals surface area (Å²) >= 11 is 0. The first-order valence-corrected chi connectivity index (χ1v) is 11.8. The van der Waals surface area contributed by atoms with Gasteiger partial charge in [0.05, 0.1) is 51.4 Å². The number of aliphatic hydroxyl groups is 1. The maximum atomic E-state index is 9.83. The maximum Gasteiger partial charge on any atom is 0.228 e. The van der Waals surface area contributed by atoms with Crippen molar-refractivity contribution in [1.82, 2.24) is 19.5 Å². The Bertz CT molecular complexity index is 1360. The van der Waals surface area contributed by atoms with Crippen molar-refractivity contribution < 1.29 is 19.3 Å². The molecule has 10 nitrogen and oxygen atoms in total. The Morgan fingerprint density at radius 2 is 1.83 bits per heavy atom. The minimum Gasteiger partial charge on any atom is -0.493 e. The first kappa shape index (κ1) is 23.7. The lowest BCUT2D eigenvalue weighted by atomic mass is 10.1. The normalized spacial score (nSPS) is 15.4. The zero-order chi connectivity index (χ0) is 25.2. The van der Waals surface area contributed by atoms with Crippen LogP contribution in [0.2, 0.25) is 0 Å². The number of imidazole rings is 1. The third kappa shape index (κ3) is 4.35. The second-order valence-corrected chi connectivity index (χ2v) is 8.74. The number of anilines is 3. The quantitative estimate of drug-likeness (QED) is 0.381. The summed E-state index contributed by atoms with van der Waals surface area (Å²) in [5.74, 6) is 3.53. The number of benzene rings is 2. The predicted molar refractivity (Wildman–Crippen MR) is 138 cm³/mol. The van der Waals surface area contributed by atoms with Gasteiger partial charge in [0.15, 0.2) is 11.5 Å². The van der Waals surface area contributed by atoms with Crippen molar-refractivity contribution in [3.8, 4) is 22.9 Å². The zero-order valence-corrected chi connectivity index (χ0v) is 20.9. The number of nitrogens with zero attached hydrogens (tertiary/aromatic N) is 5. The summed E-state index contributed by atoms with van der Waals surface area (Å²) in [6, 6.07) is 9.84. The van der Waals surface area contributed by atoms with Crippen molar-refractivity contribution in [3.63, 3.8) is 0 Å². The number of methoxy groups -OCH3 is 3. The molecule has 1 fully saturated rings. The standard InChI is InChI=1S/C26H30N6O4/c1-16-7-8-19-20(10-16)28-26(32-9-5-6-17(32)14-33)30-25(19)29-23-13-31(15-27-23)18-11-21(34-2)24(36-4)22(12-18)35-3/h7-8,10-13,15,17,33H,5-6,9,14H2,1-4H3,(H,28,29,30)/t17-/m0/s1. The van der Waals surface area contributed by atoms with Gasteiger partial charge in [-0.05, 0) is 37.5 Å². The summed E-state index contributed by atoms with van der Waals surface area (Å²) in [5, 5.41) is 14.1. The molecule has 188 valence electrons. The van der Waals surface area contributed by atoms with Crippen LogP contribution in [0.3, 0.4) is 0 Å². The van der Waals surface area contributed by atoms with Crippen LogP contribution in [-0.4, -0.2) is 65.1 Å². The molecular weight excluding hydrogens is 460 g/mol. The molecule has 0 radical (unpaired) electrons. The van der Waals surface area contributed by atoms with Gasteiger partial charge in [0.25, 0.3) is 0 Å². The molecule has 1 aliphatic rings. The van der Waals surface area contributed by atoms with E-state index in [1.807, 2.05) is 48.0 Å². The van der Waals surface area contributed by atoms with E-state index in [0.29, 0.717) is 34.8 Å². The highest BCUT2D eigenvalue weighted by atomic mass is 16.5. The van der Waals surface area contributed by atoms with E-state index in [2.05, 4.69) is 15.2 Å². The average Bonchev–Trinajstić information content (AvgIpc) is 3.57. The Morgan fingerprint density at radius 3 is 2.53 bits per heavy atom. The molecule has 1 atom stereocenters. The van der Waals surface area contributed by atoms with Crippen LogP contribution in [0.4, 0.5) is 17.6 Å². The lowest BCUT2D eigenvalue weighted by Crippen LogP contribution is -2.33. The fraction of sp³-hybridized carbons (Fsp3) is 0.346. The van der Waals surface area contributed by atoms with Crippen molar-refractivity contribution >= 4 is 28.5 Å². The second-order valence-electron chi connectivity index (χ2n) is 8.74. The van der Waals surface area contributed by atoms with Crippen molar-refractivity contribution in [2.45, 2.75) is 25.8 Å². The van der Waals surface area contributed by atoms with Crippen molar-refractivity contribution in [3.05, 3.63) is 48.4 Å². The van der Waals surface area contributed by atoms with E-state index < -0.39 is 0 Å². The number of aromatic nitrogens is 4. The molecule has 0 saturated carbocycles. The number of aliphatic hydroxyl groups excluding tert-OH is 1. The van der Waals surface area contributed by atoms with Crippen molar-refractivity contribution in [2.24, 2.45) is 0 Å². The first-order chi connectivity index (χ1) is 17.5. The topological polar surface area (TPSA) is 107 Å². The van der Waals surface area contributed by atoms with Gasteiger partial charge in [-0.3, -0.25) is 0 Å². The molecule has 36 heavy (non-hydrogen) atoms. The van der Waals surface area contributed by atoms with Crippen LogP contribution in [0.5, 0.6) is 17.2 Å². The van der Waals surface area contributed by atoms with E-state index in [9.17, 15) is 5.11 Å². The molecule has 2 aromatic carbocycles. The van der Waals surface area contributed by atoms with Crippen molar-refractivity contribution in [1.29, 1.82) is 0 Å². The smallest absolute Gasteiger partial charge is 0.228 e.